The highest BCUT2D eigenvalue weighted by molar-refractivity contribution is 5.80. The van der Waals surface area contributed by atoms with Gasteiger partial charge in [0.2, 0.25) is 5.91 Å². The molecule has 0 N–H and O–H groups in total. The largest absolute Gasteiger partial charge is 0.464 e. The summed E-state index contributed by atoms with van der Waals surface area (Å²) in [6.07, 6.45) is -0.218. The summed E-state index contributed by atoms with van der Waals surface area (Å²) >= 11 is 0. The normalized spacial score (nSPS) is 9.94. The first kappa shape index (κ1) is 15.4. The molecule has 1 amide bonds. The maximum Gasteiger partial charge on any atom is 0.325 e. The predicted molar refractivity (Wildman–Crippen MR) is 60.1 cm³/mol. The van der Waals surface area contributed by atoms with Crippen molar-refractivity contribution in [2.75, 3.05) is 19.7 Å². The average Bonchev–Trinajstić information content (AvgIpc) is 2.13. The number of rotatable bonds is 6. The van der Waals surface area contributed by atoms with Gasteiger partial charge in [-0.3, -0.25) is 14.4 Å². The second kappa shape index (κ2) is 7.65. The first-order chi connectivity index (χ1) is 7.82. The van der Waals surface area contributed by atoms with E-state index in [1.165, 1.54) is 18.7 Å². The first-order valence-corrected chi connectivity index (χ1v) is 5.41. The lowest BCUT2D eigenvalue weighted by Gasteiger charge is -2.20. The zero-order valence-electron chi connectivity index (χ0n) is 10.7. The van der Waals surface area contributed by atoms with Crippen molar-refractivity contribution in [2.45, 2.75) is 33.8 Å². The molecule has 0 radical (unpaired) electrons. The third kappa shape index (κ3) is 8.24. The molecule has 0 rings (SSSR count). The van der Waals surface area contributed by atoms with Gasteiger partial charge in [-0.15, -0.1) is 0 Å². The number of carbonyl (C=O) groups is 3. The quantitative estimate of drug-likeness (QED) is 0.631. The van der Waals surface area contributed by atoms with Crippen molar-refractivity contribution < 1.29 is 23.9 Å². The van der Waals surface area contributed by atoms with Crippen molar-refractivity contribution in [3.63, 3.8) is 0 Å². The van der Waals surface area contributed by atoms with Crippen LogP contribution >= 0.6 is 0 Å². The number of ether oxygens (including phenoxy) is 2. The van der Waals surface area contributed by atoms with Gasteiger partial charge in [0, 0.05) is 13.8 Å². The number of esters is 2. The van der Waals surface area contributed by atoms with Gasteiger partial charge in [-0.25, -0.2) is 0 Å². The molecule has 0 spiro atoms. The van der Waals surface area contributed by atoms with Crippen molar-refractivity contribution in [3.8, 4) is 0 Å². The van der Waals surface area contributed by atoms with Crippen LogP contribution in [0.1, 0.15) is 27.7 Å². The summed E-state index contributed by atoms with van der Waals surface area (Å²) in [5.41, 5.74) is 0. The summed E-state index contributed by atoms with van der Waals surface area (Å²) in [6, 6.07) is 0. The van der Waals surface area contributed by atoms with Crippen molar-refractivity contribution in [1.29, 1.82) is 0 Å². The summed E-state index contributed by atoms with van der Waals surface area (Å²) in [6.45, 7) is 6.21. The minimum absolute atomic E-state index is 0.0733. The lowest BCUT2D eigenvalue weighted by Crippen LogP contribution is -2.38. The molecule has 0 aromatic carbocycles. The van der Waals surface area contributed by atoms with Crippen LogP contribution in [0.15, 0.2) is 0 Å². The van der Waals surface area contributed by atoms with Gasteiger partial charge in [-0.1, -0.05) is 0 Å². The van der Waals surface area contributed by atoms with E-state index < -0.39 is 11.9 Å². The Labute approximate surface area is 101 Å². The summed E-state index contributed by atoms with van der Waals surface area (Å²) in [7, 11) is 0. The van der Waals surface area contributed by atoms with Gasteiger partial charge in [0.25, 0.3) is 0 Å². The monoisotopic (exact) mass is 245 g/mol. The van der Waals surface area contributed by atoms with Gasteiger partial charge in [0.15, 0.2) is 0 Å². The summed E-state index contributed by atoms with van der Waals surface area (Å²) in [4.78, 5) is 34.4. The highest BCUT2D eigenvalue weighted by Crippen LogP contribution is 1.95. The van der Waals surface area contributed by atoms with Crippen LogP contribution in [0.4, 0.5) is 0 Å². The van der Waals surface area contributed by atoms with Crippen LogP contribution in [-0.2, 0) is 23.9 Å². The van der Waals surface area contributed by atoms with Crippen LogP contribution in [-0.4, -0.2) is 48.5 Å². The van der Waals surface area contributed by atoms with Crippen LogP contribution in [0.5, 0.6) is 0 Å². The molecule has 6 nitrogen and oxygen atoms in total. The minimum atomic E-state index is -0.474. The van der Waals surface area contributed by atoms with Gasteiger partial charge < -0.3 is 14.4 Å². The van der Waals surface area contributed by atoms with E-state index in [0.717, 1.165) is 0 Å². The smallest absolute Gasteiger partial charge is 0.325 e. The van der Waals surface area contributed by atoms with E-state index in [9.17, 15) is 14.4 Å². The van der Waals surface area contributed by atoms with E-state index in [2.05, 4.69) is 0 Å². The van der Waals surface area contributed by atoms with E-state index in [-0.39, 0.29) is 31.7 Å². The van der Waals surface area contributed by atoms with E-state index in [1.807, 2.05) is 0 Å². The van der Waals surface area contributed by atoms with Gasteiger partial charge in [0.1, 0.15) is 13.2 Å². The second-order valence-corrected chi connectivity index (χ2v) is 3.82. The fraction of sp³-hybridized carbons (Fsp3) is 0.727. The van der Waals surface area contributed by atoms with Crippen molar-refractivity contribution in [3.05, 3.63) is 0 Å². The number of hydrogen-bond donors (Lipinski definition) is 0. The van der Waals surface area contributed by atoms with Crippen LogP contribution in [0.25, 0.3) is 0 Å². The Balaban J connectivity index is 4.11. The molecular formula is C11H19NO5. The average molecular weight is 245 g/mol. The molecule has 0 bridgehead atoms. The Morgan fingerprint density at radius 3 is 2.18 bits per heavy atom. The molecule has 0 saturated carbocycles. The fourth-order valence-corrected chi connectivity index (χ4v) is 1.10. The maximum atomic E-state index is 11.3. The molecule has 0 fully saturated rings. The third-order valence-corrected chi connectivity index (χ3v) is 1.80. The van der Waals surface area contributed by atoms with Crippen molar-refractivity contribution in [2.24, 2.45) is 0 Å². The molecule has 0 aromatic rings. The predicted octanol–water partition coefficient (Wildman–Crippen LogP) is 0.350. The molecule has 0 heterocycles. The van der Waals surface area contributed by atoms with Crippen molar-refractivity contribution >= 4 is 17.8 Å². The molecule has 0 unspecified atom stereocenters. The molecule has 17 heavy (non-hydrogen) atoms. The standard InChI is InChI=1S/C11H19NO5/c1-8(2)17-11(15)7-12(9(3)13)5-6-16-10(4)14/h8H,5-7H2,1-4H3. The fourth-order valence-electron chi connectivity index (χ4n) is 1.10. The Bertz CT molecular complexity index is 288. The number of amides is 1. The molecule has 98 valence electrons. The number of carbonyl (C=O) groups excluding carboxylic acids is 3. The Hall–Kier alpha value is -1.59. The molecule has 0 saturated heterocycles. The zero-order chi connectivity index (χ0) is 13.4. The molecular weight excluding hydrogens is 226 g/mol. The van der Waals surface area contributed by atoms with Gasteiger partial charge >= 0.3 is 11.9 Å². The molecule has 0 aliphatic carbocycles. The van der Waals surface area contributed by atoms with E-state index in [4.69, 9.17) is 9.47 Å². The van der Waals surface area contributed by atoms with Crippen LogP contribution in [0.2, 0.25) is 0 Å². The van der Waals surface area contributed by atoms with Crippen LogP contribution in [0, 0.1) is 0 Å². The Kier molecular flexibility index (Phi) is 6.93. The Morgan fingerprint density at radius 1 is 1.18 bits per heavy atom. The zero-order valence-corrected chi connectivity index (χ0v) is 10.7. The number of nitrogens with zero attached hydrogens (tertiary/aromatic N) is 1. The molecule has 0 aliphatic rings. The highest BCUT2D eigenvalue weighted by Gasteiger charge is 2.15. The molecule has 0 aromatic heterocycles. The molecule has 0 atom stereocenters. The second-order valence-electron chi connectivity index (χ2n) is 3.82. The lowest BCUT2D eigenvalue weighted by atomic mass is 10.4. The Morgan fingerprint density at radius 2 is 1.76 bits per heavy atom. The minimum Gasteiger partial charge on any atom is -0.464 e. The molecule has 6 heteroatoms. The highest BCUT2D eigenvalue weighted by atomic mass is 16.5. The summed E-state index contributed by atoms with van der Waals surface area (Å²) in [5, 5.41) is 0. The summed E-state index contributed by atoms with van der Waals surface area (Å²) < 4.78 is 9.62. The van der Waals surface area contributed by atoms with Gasteiger partial charge in [-0.05, 0) is 13.8 Å². The van der Waals surface area contributed by atoms with Gasteiger partial charge in [-0.2, -0.15) is 0 Å². The number of hydrogen-bond acceptors (Lipinski definition) is 5. The van der Waals surface area contributed by atoms with E-state index >= 15 is 0 Å². The van der Waals surface area contributed by atoms with Gasteiger partial charge in [0.05, 0.1) is 12.6 Å². The third-order valence-electron chi connectivity index (χ3n) is 1.80. The van der Waals surface area contributed by atoms with E-state index in [0.29, 0.717) is 0 Å². The topological polar surface area (TPSA) is 72.9 Å². The maximum absolute atomic E-state index is 11.3. The van der Waals surface area contributed by atoms with Crippen LogP contribution in [0.3, 0.4) is 0 Å². The SMILES string of the molecule is CC(=O)OCCN(CC(=O)OC(C)C)C(C)=O. The van der Waals surface area contributed by atoms with E-state index in [1.54, 1.807) is 13.8 Å². The van der Waals surface area contributed by atoms with Crippen LogP contribution < -0.4 is 0 Å². The lowest BCUT2D eigenvalue weighted by molar-refractivity contribution is -0.152. The van der Waals surface area contributed by atoms with Crippen molar-refractivity contribution in [1.82, 2.24) is 4.90 Å². The molecule has 0 aliphatic heterocycles. The summed E-state index contributed by atoms with van der Waals surface area (Å²) in [5.74, 6) is -1.16. The first-order valence-electron chi connectivity index (χ1n) is 5.41.